The van der Waals surface area contributed by atoms with E-state index < -0.39 is 0 Å². The highest BCUT2D eigenvalue weighted by molar-refractivity contribution is 6.11. The smallest absolute Gasteiger partial charge is 0.0906 e. The average molecular weight is 962 g/mol. The summed E-state index contributed by atoms with van der Waals surface area (Å²) < 4.78 is 5.13. The Labute approximate surface area is 436 Å². The molecule has 0 spiro atoms. The van der Waals surface area contributed by atoms with Gasteiger partial charge in [-0.25, -0.2) is 0 Å². The van der Waals surface area contributed by atoms with Crippen LogP contribution in [0.3, 0.4) is 0 Å². The Bertz CT molecular complexity index is 3750. The molecule has 364 valence electrons. The Morgan fingerprint density at radius 2 is 1.14 bits per heavy atom. The van der Waals surface area contributed by atoms with E-state index in [9.17, 15) is 0 Å². The molecule has 0 saturated carbocycles. The summed E-state index contributed by atoms with van der Waals surface area (Å²) in [5.41, 5.74) is 19.2. The first-order chi connectivity index (χ1) is 36.4. The molecule has 12 rings (SSSR count). The Morgan fingerprint density at radius 1 is 0.554 bits per heavy atom. The van der Waals surface area contributed by atoms with Crippen LogP contribution in [0.4, 0.5) is 39.8 Å². The van der Waals surface area contributed by atoms with Gasteiger partial charge in [0, 0.05) is 67.6 Å². The highest BCUT2D eigenvalue weighted by Gasteiger charge is 2.40. The molecule has 5 heteroatoms. The molecule has 5 nitrogen and oxygen atoms in total. The summed E-state index contributed by atoms with van der Waals surface area (Å²) >= 11 is 0. The zero-order valence-corrected chi connectivity index (χ0v) is 43.1. The summed E-state index contributed by atoms with van der Waals surface area (Å²) in [6.45, 7) is 11.4. The molecule has 8 aromatic carbocycles. The second-order valence-corrected chi connectivity index (χ2v) is 20.2. The van der Waals surface area contributed by atoms with Gasteiger partial charge in [0.15, 0.2) is 0 Å². The van der Waals surface area contributed by atoms with Gasteiger partial charge in [0.2, 0.25) is 0 Å². The maximum Gasteiger partial charge on any atom is 0.0906 e. The minimum atomic E-state index is 0.0777. The summed E-state index contributed by atoms with van der Waals surface area (Å²) in [7, 11) is 0. The molecule has 74 heavy (non-hydrogen) atoms. The third-order valence-electron chi connectivity index (χ3n) is 15.1. The predicted octanol–water partition coefficient (Wildman–Crippen LogP) is 18.8. The van der Waals surface area contributed by atoms with E-state index in [0.29, 0.717) is 5.92 Å². The van der Waals surface area contributed by atoms with E-state index in [0.717, 1.165) is 58.9 Å². The molecule has 10 aromatic rings. The van der Waals surface area contributed by atoms with Gasteiger partial charge in [-0.1, -0.05) is 161 Å². The highest BCUT2D eigenvalue weighted by atomic mass is 15.2. The van der Waals surface area contributed by atoms with Gasteiger partial charge >= 0.3 is 0 Å². The molecule has 2 atom stereocenters. The Hall–Kier alpha value is -8.54. The second-order valence-electron chi connectivity index (χ2n) is 20.2. The van der Waals surface area contributed by atoms with E-state index in [1.807, 2.05) is 0 Å². The van der Waals surface area contributed by atoms with Crippen molar-refractivity contribution in [1.82, 2.24) is 9.13 Å². The van der Waals surface area contributed by atoms with Crippen LogP contribution in [0.2, 0.25) is 0 Å². The van der Waals surface area contributed by atoms with Gasteiger partial charge < -0.3 is 23.8 Å². The SMILES string of the molecule is C/C=C\C=C(/CC(C)C)N(c1ccccc1)c1ccc2c(c1)c(CCC)c(C)n2-c1cccc(-n2c3ccccc3c3cc(N(c4ccccc4)c4ccccc4)ccc32)c1N1c2ccccc2C2C=CC=CC21. The Morgan fingerprint density at radius 3 is 1.84 bits per heavy atom. The summed E-state index contributed by atoms with van der Waals surface area (Å²) in [5, 5.41) is 3.71. The van der Waals surface area contributed by atoms with Gasteiger partial charge in [-0.05, 0) is 147 Å². The zero-order chi connectivity index (χ0) is 50.3. The van der Waals surface area contributed by atoms with Crippen molar-refractivity contribution in [3.05, 3.63) is 259 Å². The fourth-order valence-electron chi connectivity index (χ4n) is 12.0. The number of benzene rings is 8. The molecule has 2 aromatic heterocycles. The standard InChI is InChI=1S/C69H63N5/c1-6-8-26-53(45-48(3)4)72(52-31-16-11-17-32-52)55-41-43-65-60(46-55)56(25-7-2)49(5)70(65)67-39-24-40-68(69(67)74-63-37-22-18-33-57(63)58-34-19-23-38-64(58)74)73-62-36-21-20-35-59(62)61-47-54(42-44-66(61)73)71(50-27-12-9-13-28-50)51-29-14-10-15-30-51/h6,8-24,26-44,46-48,57,63H,7,25,45H2,1-5H3/b8-6-,53-26+. The number of aromatic nitrogens is 2. The molecule has 0 bridgehead atoms. The summed E-state index contributed by atoms with van der Waals surface area (Å²) in [5.74, 6) is 0.686. The van der Waals surface area contributed by atoms with E-state index in [-0.39, 0.29) is 12.0 Å². The average Bonchev–Trinajstić information content (AvgIpc) is 4.06. The molecule has 0 fully saturated rings. The van der Waals surface area contributed by atoms with Crippen LogP contribution in [-0.4, -0.2) is 15.2 Å². The quantitative estimate of drug-likeness (QED) is 0.101. The molecule has 1 aliphatic heterocycles. The topological polar surface area (TPSA) is 19.6 Å². The van der Waals surface area contributed by atoms with E-state index in [1.54, 1.807) is 0 Å². The first-order valence-corrected chi connectivity index (χ1v) is 26.5. The van der Waals surface area contributed by atoms with E-state index >= 15 is 0 Å². The number of fused-ring (bicyclic) bond motifs is 7. The van der Waals surface area contributed by atoms with Crippen molar-refractivity contribution < 1.29 is 0 Å². The van der Waals surface area contributed by atoms with Crippen LogP contribution in [0, 0.1) is 12.8 Å². The van der Waals surface area contributed by atoms with Gasteiger partial charge in [-0.2, -0.15) is 0 Å². The van der Waals surface area contributed by atoms with E-state index in [1.165, 1.54) is 66.8 Å². The maximum absolute atomic E-state index is 2.66. The van der Waals surface area contributed by atoms with Crippen molar-refractivity contribution in [1.29, 1.82) is 0 Å². The lowest BCUT2D eigenvalue weighted by atomic mass is 9.91. The number of hydrogen-bond donors (Lipinski definition) is 0. The number of nitrogens with zero attached hydrogens (tertiary/aromatic N) is 5. The largest absolute Gasteiger partial charge is 0.330 e. The fraction of sp³-hybridized carbons (Fsp3) is 0.159. The molecular formula is C69H63N5. The van der Waals surface area contributed by atoms with Gasteiger partial charge in [0.1, 0.15) is 0 Å². The Kier molecular flexibility index (Phi) is 12.5. The van der Waals surface area contributed by atoms with Crippen molar-refractivity contribution in [2.45, 2.75) is 65.8 Å². The van der Waals surface area contributed by atoms with Crippen molar-refractivity contribution in [3.8, 4) is 11.4 Å². The predicted molar refractivity (Wildman–Crippen MR) is 315 cm³/mol. The maximum atomic E-state index is 2.66. The minimum absolute atomic E-state index is 0.0777. The number of para-hydroxylation sites is 6. The van der Waals surface area contributed by atoms with Crippen LogP contribution in [0.1, 0.15) is 63.3 Å². The molecular weight excluding hydrogens is 899 g/mol. The summed E-state index contributed by atoms with van der Waals surface area (Å²) in [6.07, 6.45) is 18.8. The molecule has 3 heterocycles. The Balaban J connectivity index is 1.12. The van der Waals surface area contributed by atoms with Gasteiger partial charge in [-0.3, -0.25) is 0 Å². The van der Waals surface area contributed by atoms with Crippen LogP contribution in [0.25, 0.3) is 44.1 Å². The molecule has 0 amide bonds. The van der Waals surface area contributed by atoms with Gasteiger partial charge in [-0.15, -0.1) is 0 Å². The van der Waals surface area contributed by atoms with Crippen molar-refractivity contribution >= 4 is 72.5 Å². The lowest BCUT2D eigenvalue weighted by Crippen LogP contribution is -2.30. The van der Waals surface area contributed by atoms with Crippen LogP contribution in [0.5, 0.6) is 0 Å². The number of rotatable bonds is 14. The van der Waals surface area contributed by atoms with Crippen molar-refractivity contribution in [2.24, 2.45) is 5.92 Å². The monoisotopic (exact) mass is 962 g/mol. The number of hydrogen-bond acceptors (Lipinski definition) is 3. The third kappa shape index (κ3) is 8.04. The molecule has 2 unspecified atom stereocenters. The summed E-state index contributed by atoms with van der Waals surface area (Å²) in [4.78, 5) is 7.50. The molecule has 2 aliphatic rings. The van der Waals surface area contributed by atoms with Crippen LogP contribution in [-0.2, 0) is 6.42 Å². The first-order valence-electron chi connectivity index (χ1n) is 26.5. The molecule has 1 aliphatic carbocycles. The van der Waals surface area contributed by atoms with Crippen LogP contribution in [0.15, 0.2) is 242 Å². The fourth-order valence-corrected chi connectivity index (χ4v) is 12.0. The minimum Gasteiger partial charge on any atom is -0.330 e. The number of allylic oxidation sites excluding steroid dienone is 6. The van der Waals surface area contributed by atoms with Crippen molar-refractivity contribution in [3.63, 3.8) is 0 Å². The number of anilines is 7. The van der Waals surface area contributed by atoms with E-state index in [4.69, 9.17) is 0 Å². The normalized spacial score (nSPS) is 15.3. The molecule has 0 radical (unpaired) electrons. The lowest BCUT2D eigenvalue weighted by Gasteiger charge is -2.33. The van der Waals surface area contributed by atoms with Gasteiger partial charge in [0.25, 0.3) is 0 Å². The molecule has 0 saturated heterocycles. The number of aryl methyl sites for hydroxylation is 1. The first kappa shape index (κ1) is 46.5. The zero-order valence-electron chi connectivity index (χ0n) is 43.1. The summed E-state index contributed by atoms with van der Waals surface area (Å²) in [6, 6.07) is 71.7. The highest BCUT2D eigenvalue weighted by Crippen LogP contribution is 2.53. The van der Waals surface area contributed by atoms with Crippen LogP contribution < -0.4 is 14.7 Å². The second kappa shape index (κ2) is 19.8. The van der Waals surface area contributed by atoms with Crippen LogP contribution >= 0.6 is 0 Å². The van der Waals surface area contributed by atoms with E-state index in [2.05, 4.69) is 295 Å². The van der Waals surface area contributed by atoms with Gasteiger partial charge in [0.05, 0.1) is 39.7 Å². The lowest BCUT2D eigenvalue weighted by molar-refractivity contribution is 0.635. The third-order valence-corrected chi connectivity index (χ3v) is 15.1. The molecule has 0 N–H and O–H groups in total. The van der Waals surface area contributed by atoms with Crippen molar-refractivity contribution in [2.75, 3.05) is 14.7 Å².